The van der Waals surface area contributed by atoms with Gasteiger partial charge >= 0.3 is 0 Å². The Hall–Kier alpha value is -1.62. The summed E-state index contributed by atoms with van der Waals surface area (Å²) in [6.07, 6.45) is 1.70. The van der Waals surface area contributed by atoms with E-state index < -0.39 is 0 Å². The van der Waals surface area contributed by atoms with Crippen molar-refractivity contribution in [3.63, 3.8) is 0 Å². The lowest BCUT2D eigenvalue weighted by molar-refractivity contribution is 0.326. The van der Waals surface area contributed by atoms with Crippen LogP contribution in [0, 0.1) is 6.92 Å². The van der Waals surface area contributed by atoms with Crippen molar-refractivity contribution in [3.05, 3.63) is 34.2 Å². The van der Waals surface area contributed by atoms with E-state index in [0.29, 0.717) is 18.4 Å². The molecule has 0 bridgehead atoms. The van der Waals surface area contributed by atoms with E-state index in [1.807, 2.05) is 6.92 Å². The Morgan fingerprint density at radius 2 is 2.22 bits per heavy atom. The monoisotopic (exact) mass is 263 g/mol. The first kappa shape index (κ1) is 12.8. The van der Waals surface area contributed by atoms with Gasteiger partial charge in [-0.3, -0.25) is 0 Å². The van der Waals surface area contributed by atoms with Crippen molar-refractivity contribution in [1.29, 1.82) is 0 Å². The van der Waals surface area contributed by atoms with Crippen LogP contribution in [0.4, 0.5) is 5.95 Å². The van der Waals surface area contributed by atoms with E-state index in [0.717, 1.165) is 0 Å². The van der Waals surface area contributed by atoms with Crippen LogP contribution in [-0.2, 0) is 0 Å². The van der Waals surface area contributed by atoms with Gasteiger partial charge in [-0.2, -0.15) is 4.98 Å². The Bertz CT molecular complexity index is 512. The lowest BCUT2D eigenvalue weighted by Crippen LogP contribution is -2.08. The van der Waals surface area contributed by atoms with Gasteiger partial charge in [0, 0.05) is 22.0 Å². The van der Waals surface area contributed by atoms with Crippen LogP contribution in [0.15, 0.2) is 24.4 Å². The van der Waals surface area contributed by atoms with Gasteiger partial charge in [0.15, 0.2) is 0 Å². The number of hydrogen-bond acceptors (Lipinski definition) is 5. The van der Waals surface area contributed by atoms with E-state index >= 15 is 0 Å². The molecule has 0 saturated heterocycles. The zero-order valence-electron chi connectivity index (χ0n) is 10.8. The summed E-state index contributed by atoms with van der Waals surface area (Å²) < 4.78 is 5.35. The van der Waals surface area contributed by atoms with Crippen molar-refractivity contribution < 1.29 is 4.74 Å². The summed E-state index contributed by atoms with van der Waals surface area (Å²) in [6, 6.07) is 6.20. The van der Waals surface area contributed by atoms with Crippen molar-refractivity contribution in [2.45, 2.75) is 26.8 Å². The average molecular weight is 263 g/mol. The fourth-order valence-electron chi connectivity index (χ4n) is 1.59. The van der Waals surface area contributed by atoms with Crippen LogP contribution in [0.3, 0.4) is 0 Å². The number of ether oxygens (including phenoxy) is 1. The number of nitrogens with zero attached hydrogens (tertiary/aromatic N) is 2. The van der Waals surface area contributed by atoms with Gasteiger partial charge in [0.05, 0.1) is 12.6 Å². The molecule has 0 spiro atoms. The van der Waals surface area contributed by atoms with Gasteiger partial charge in [0.25, 0.3) is 0 Å². The van der Waals surface area contributed by atoms with Crippen LogP contribution in [0.5, 0.6) is 5.88 Å². The summed E-state index contributed by atoms with van der Waals surface area (Å²) >= 11 is 1.78. The van der Waals surface area contributed by atoms with Gasteiger partial charge in [0.1, 0.15) is 0 Å². The third-order valence-electron chi connectivity index (χ3n) is 2.46. The van der Waals surface area contributed by atoms with Crippen molar-refractivity contribution in [2.75, 3.05) is 11.9 Å². The summed E-state index contributed by atoms with van der Waals surface area (Å²) in [5.74, 6) is 1.20. The standard InChI is InChI=1S/C13H17N3OS/c1-4-17-12-7-8-14-13(16-12)15-10(3)11-6-5-9(2)18-11/h5-8,10H,4H2,1-3H3,(H,14,15,16). The third-order valence-corrected chi connectivity index (χ3v) is 3.64. The molecule has 0 amide bonds. The van der Waals surface area contributed by atoms with Crippen molar-refractivity contribution in [1.82, 2.24) is 9.97 Å². The quantitative estimate of drug-likeness (QED) is 0.898. The molecule has 1 atom stereocenters. The maximum absolute atomic E-state index is 5.35. The minimum atomic E-state index is 0.195. The van der Waals surface area contributed by atoms with Gasteiger partial charge in [-0.1, -0.05) is 0 Å². The molecule has 18 heavy (non-hydrogen) atoms. The highest BCUT2D eigenvalue weighted by molar-refractivity contribution is 7.12. The largest absolute Gasteiger partial charge is 0.478 e. The van der Waals surface area contributed by atoms with Gasteiger partial charge in [-0.15, -0.1) is 11.3 Å². The minimum absolute atomic E-state index is 0.195. The average Bonchev–Trinajstić information content (AvgIpc) is 2.77. The number of thiophene rings is 1. The van der Waals surface area contributed by atoms with Crippen molar-refractivity contribution >= 4 is 17.3 Å². The molecule has 0 radical (unpaired) electrons. The zero-order chi connectivity index (χ0) is 13.0. The van der Waals surface area contributed by atoms with E-state index in [9.17, 15) is 0 Å². The predicted molar refractivity (Wildman–Crippen MR) is 74.3 cm³/mol. The fraction of sp³-hybridized carbons (Fsp3) is 0.385. The molecular formula is C13H17N3OS. The maximum Gasteiger partial charge on any atom is 0.226 e. The molecule has 0 aliphatic rings. The maximum atomic E-state index is 5.35. The Morgan fingerprint density at radius 3 is 2.89 bits per heavy atom. The first-order valence-electron chi connectivity index (χ1n) is 5.97. The highest BCUT2D eigenvalue weighted by Crippen LogP contribution is 2.24. The fourth-order valence-corrected chi connectivity index (χ4v) is 2.47. The Morgan fingerprint density at radius 1 is 1.39 bits per heavy atom. The number of hydrogen-bond donors (Lipinski definition) is 1. The highest BCUT2D eigenvalue weighted by atomic mass is 32.1. The van der Waals surface area contributed by atoms with E-state index in [2.05, 4.69) is 41.3 Å². The number of aryl methyl sites for hydroxylation is 1. The van der Waals surface area contributed by atoms with Gasteiger partial charge in [-0.05, 0) is 32.9 Å². The first-order valence-corrected chi connectivity index (χ1v) is 6.79. The molecule has 4 nitrogen and oxygen atoms in total. The molecule has 0 fully saturated rings. The van der Waals surface area contributed by atoms with Gasteiger partial charge in [-0.25, -0.2) is 4.98 Å². The normalized spacial score (nSPS) is 12.2. The molecule has 2 aromatic rings. The second-order valence-corrected chi connectivity index (χ2v) is 5.29. The van der Waals surface area contributed by atoms with Crippen LogP contribution >= 0.6 is 11.3 Å². The lowest BCUT2D eigenvalue weighted by Gasteiger charge is -2.12. The first-order chi connectivity index (χ1) is 8.69. The van der Waals surface area contributed by atoms with Gasteiger partial charge in [0.2, 0.25) is 11.8 Å². The summed E-state index contributed by atoms with van der Waals surface area (Å²) in [5.41, 5.74) is 0. The smallest absolute Gasteiger partial charge is 0.226 e. The van der Waals surface area contributed by atoms with Crippen LogP contribution in [0.25, 0.3) is 0 Å². The Labute approximate surface area is 111 Å². The van der Waals surface area contributed by atoms with Crippen LogP contribution in [-0.4, -0.2) is 16.6 Å². The topological polar surface area (TPSA) is 47.0 Å². The molecule has 0 aromatic carbocycles. The third kappa shape index (κ3) is 3.20. The minimum Gasteiger partial charge on any atom is -0.478 e. The second-order valence-electron chi connectivity index (χ2n) is 3.97. The van der Waals surface area contributed by atoms with Crippen molar-refractivity contribution in [2.24, 2.45) is 0 Å². The molecular weight excluding hydrogens is 246 g/mol. The second kappa shape index (κ2) is 5.82. The van der Waals surface area contributed by atoms with Crippen LogP contribution in [0.1, 0.15) is 29.6 Å². The molecule has 0 saturated carbocycles. The van der Waals surface area contributed by atoms with Crippen molar-refractivity contribution in [3.8, 4) is 5.88 Å². The lowest BCUT2D eigenvalue weighted by atomic mass is 10.3. The number of nitrogens with one attached hydrogen (secondary N) is 1. The van der Waals surface area contributed by atoms with E-state index in [4.69, 9.17) is 4.74 Å². The van der Waals surface area contributed by atoms with Crippen LogP contribution < -0.4 is 10.1 Å². The molecule has 2 aromatic heterocycles. The van der Waals surface area contributed by atoms with E-state index in [-0.39, 0.29) is 6.04 Å². The number of anilines is 1. The van der Waals surface area contributed by atoms with Crippen LogP contribution in [0.2, 0.25) is 0 Å². The van der Waals surface area contributed by atoms with E-state index in [1.54, 1.807) is 23.6 Å². The highest BCUT2D eigenvalue weighted by Gasteiger charge is 2.09. The summed E-state index contributed by atoms with van der Waals surface area (Å²) in [4.78, 5) is 11.1. The summed E-state index contributed by atoms with van der Waals surface area (Å²) in [6.45, 7) is 6.75. The van der Waals surface area contributed by atoms with Gasteiger partial charge < -0.3 is 10.1 Å². The molecule has 96 valence electrons. The number of aromatic nitrogens is 2. The Kier molecular flexibility index (Phi) is 4.15. The molecule has 1 unspecified atom stereocenters. The SMILES string of the molecule is CCOc1ccnc(NC(C)c2ccc(C)s2)n1. The molecule has 5 heteroatoms. The molecule has 0 aliphatic heterocycles. The molecule has 1 N–H and O–H groups in total. The predicted octanol–water partition coefficient (Wildman–Crippen LogP) is 3.42. The summed E-state index contributed by atoms with van der Waals surface area (Å²) in [7, 11) is 0. The zero-order valence-corrected chi connectivity index (χ0v) is 11.6. The van der Waals surface area contributed by atoms with E-state index in [1.165, 1.54) is 9.75 Å². The molecule has 0 aliphatic carbocycles. The molecule has 2 rings (SSSR count). The molecule has 2 heterocycles. The Balaban J connectivity index is 2.06. The number of rotatable bonds is 5. The summed E-state index contributed by atoms with van der Waals surface area (Å²) in [5, 5.41) is 3.28.